The van der Waals surface area contributed by atoms with E-state index in [0.717, 1.165) is 24.3 Å². The Morgan fingerprint density at radius 1 is 0.473 bits per heavy atom. The summed E-state index contributed by atoms with van der Waals surface area (Å²) in [6.07, 6.45) is 0. The van der Waals surface area contributed by atoms with Gasteiger partial charge in [-0.05, 0) is 97.8 Å². The van der Waals surface area contributed by atoms with E-state index in [1.807, 2.05) is 0 Å². The Kier molecular flexibility index (Phi) is 11.1. The van der Waals surface area contributed by atoms with Crippen molar-refractivity contribution in [2.75, 3.05) is 10.6 Å². The van der Waals surface area contributed by atoms with Crippen LogP contribution in [0.1, 0.15) is 11.1 Å². The zero-order chi connectivity index (χ0) is 40.5. The van der Waals surface area contributed by atoms with Crippen LogP contribution in [0.4, 0.5) is 46.0 Å². The van der Waals surface area contributed by atoms with Crippen molar-refractivity contribution in [1.82, 2.24) is 15.0 Å². The number of hydrogen-bond donors (Lipinski definition) is 7. The molecule has 0 spiro atoms. The zero-order valence-corrected chi connectivity index (χ0v) is 31.0. The molecule has 0 aliphatic rings. The standard InChI is InChI=1S/C29H25N9O13S4/c1-15-7-17(3-5-25(15)37-35-19-9-21(52(40,41)42)13-22(10-19)53(43,44)45)30-27-32-28(34-29(39)33-27)31-18-4-6-26(16(2)8-18)38-36-20-11-23(54(46,47)48)14-24(12-20)55(49,50)51/h3-14H,1-2H3,(H,40,41,42)(H,43,44,45)(H,46,47,48)(H,49,50,51)(H3,30,31,32,33,34,39)/b37-35+,38-36+. The van der Waals surface area contributed by atoms with Crippen molar-refractivity contribution in [3.05, 3.63) is 83.9 Å². The quantitative estimate of drug-likeness (QED) is 0.0602. The lowest BCUT2D eigenvalue weighted by atomic mass is 10.2. The average molecular weight is 836 g/mol. The van der Waals surface area contributed by atoms with Crippen LogP contribution in [0.25, 0.3) is 0 Å². The Labute approximate surface area is 311 Å². The van der Waals surface area contributed by atoms with Crippen molar-refractivity contribution < 1.29 is 57.0 Å². The molecular formula is C29H25N9O13S4. The first kappa shape index (κ1) is 40.3. The van der Waals surface area contributed by atoms with E-state index in [4.69, 9.17) is 0 Å². The summed E-state index contributed by atoms with van der Waals surface area (Å²) in [5, 5.41) is 31.6. The molecular weight excluding hydrogens is 811 g/mol. The molecule has 5 aromatic rings. The van der Waals surface area contributed by atoms with Crippen LogP contribution in [-0.4, -0.2) is 71.9 Å². The summed E-state index contributed by atoms with van der Waals surface area (Å²) in [4.78, 5) is 8.60. The molecule has 0 fully saturated rings. The molecule has 0 amide bonds. The number of nitrogens with one attached hydrogen (secondary N) is 2. The second kappa shape index (κ2) is 15.1. The minimum absolute atomic E-state index is 0.0953. The number of aryl methyl sites for hydroxylation is 2. The molecule has 0 unspecified atom stereocenters. The van der Waals surface area contributed by atoms with E-state index >= 15 is 0 Å². The van der Waals surface area contributed by atoms with Crippen LogP contribution >= 0.6 is 0 Å². The number of anilines is 4. The van der Waals surface area contributed by atoms with Gasteiger partial charge < -0.3 is 15.7 Å². The molecule has 0 aliphatic carbocycles. The highest BCUT2D eigenvalue weighted by Crippen LogP contribution is 2.31. The topological polar surface area (TPSA) is 350 Å². The lowest BCUT2D eigenvalue weighted by molar-refractivity contribution is 0.430. The molecule has 0 atom stereocenters. The molecule has 1 heterocycles. The van der Waals surface area contributed by atoms with Crippen LogP contribution in [0.5, 0.6) is 6.01 Å². The van der Waals surface area contributed by atoms with Gasteiger partial charge in [0.2, 0.25) is 11.9 Å². The lowest BCUT2D eigenvalue weighted by Crippen LogP contribution is -2.03. The Balaban J connectivity index is 1.32. The van der Waals surface area contributed by atoms with E-state index in [2.05, 4.69) is 46.0 Å². The first-order chi connectivity index (χ1) is 25.4. The number of azo groups is 2. The van der Waals surface area contributed by atoms with Gasteiger partial charge in [0.25, 0.3) is 40.5 Å². The zero-order valence-electron chi connectivity index (χ0n) is 27.7. The highest BCUT2D eigenvalue weighted by molar-refractivity contribution is 7.87. The van der Waals surface area contributed by atoms with Gasteiger partial charge in [-0.2, -0.15) is 69.1 Å². The van der Waals surface area contributed by atoms with Crippen LogP contribution in [0.2, 0.25) is 0 Å². The molecule has 0 aliphatic heterocycles. The predicted octanol–water partition coefficient (Wildman–Crippen LogP) is 5.50. The maximum absolute atomic E-state index is 11.6. The number of aromatic nitrogens is 3. The molecule has 0 saturated heterocycles. The van der Waals surface area contributed by atoms with Gasteiger partial charge in [0.1, 0.15) is 0 Å². The lowest BCUT2D eigenvalue weighted by Gasteiger charge is -2.10. The largest absolute Gasteiger partial charge is 0.479 e. The molecule has 5 rings (SSSR count). The van der Waals surface area contributed by atoms with Crippen molar-refractivity contribution in [2.24, 2.45) is 20.5 Å². The fourth-order valence-electron chi connectivity index (χ4n) is 4.47. The molecule has 55 heavy (non-hydrogen) atoms. The van der Waals surface area contributed by atoms with Crippen molar-refractivity contribution in [2.45, 2.75) is 33.4 Å². The highest BCUT2D eigenvalue weighted by Gasteiger charge is 2.20. The van der Waals surface area contributed by atoms with Crippen molar-refractivity contribution >= 4 is 86.5 Å². The van der Waals surface area contributed by atoms with E-state index in [0.29, 0.717) is 34.6 Å². The number of aromatic hydroxyl groups is 1. The normalized spacial score (nSPS) is 12.7. The second-order valence-electron chi connectivity index (χ2n) is 11.2. The van der Waals surface area contributed by atoms with Crippen molar-refractivity contribution in [1.29, 1.82) is 0 Å². The van der Waals surface area contributed by atoms with E-state index in [1.165, 1.54) is 24.3 Å². The third kappa shape index (κ3) is 10.6. The summed E-state index contributed by atoms with van der Waals surface area (Å²) in [6, 6.07) is 13.0. The molecule has 4 aromatic carbocycles. The van der Waals surface area contributed by atoms with Gasteiger partial charge in [-0.3, -0.25) is 18.2 Å². The average Bonchev–Trinajstić information content (AvgIpc) is 3.05. The minimum atomic E-state index is -4.85. The molecule has 0 bridgehead atoms. The van der Waals surface area contributed by atoms with Crippen LogP contribution < -0.4 is 10.6 Å². The first-order valence-corrected chi connectivity index (χ1v) is 20.4. The third-order valence-electron chi connectivity index (χ3n) is 7.00. The monoisotopic (exact) mass is 835 g/mol. The van der Waals surface area contributed by atoms with Crippen molar-refractivity contribution in [3.63, 3.8) is 0 Å². The molecule has 26 heteroatoms. The molecule has 0 saturated carbocycles. The number of rotatable bonds is 12. The van der Waals surface area contributed by atoms with Crippen LogP contribution in [0, 0.1) is 13.8 Å². The predicted molar refractivity (Wildman–Crippen MR) is 191 cm³/mol. The van der Waals surface area contributed by atoms with E-state index in [9.17, 15) is 57.0 Å². The van der Waals surface area contributed by atoms with E-state index in [1.54, 1.807) is 26.0 Å². The van der Waals surface area contributed by atoms with Gasteiger partial charge in [-0.15, -0.1) is 0 Å². The van der Waals surface area contributed by atoms with Crippen molar-refractivity contribution in [3.8, 4) is 6.01 Å². The van der Waals surface area contributed by atoms with Crippen LogP contribution in [0.15, 0.2) is 113 Å². The number of nitrogens with zero attached hydrogens (tertiary/aromatic N) is 7. The smallest absolute Gasteiger partial charge is 0.320 e. The number of benzene rings is 4. The number of hydrogen-bond acceptors (Lipinski definition) is 18. The van der Waals surface area contributed by atoms with Gasteiger partial charge in [0.05, 0.1) is 42.3 Å². The highest BCUT2D eigenvalue weighted by atomic mass is 32.2. The summed E-state index contributed by atoms with van der Waals surface area (Å²) >= 11 is 0. The maximum Gasteiger partial charge on any atom is 0.320 e. The summed E-state index contributed by atoms with van der Waals surface area (Å²) in [7, 11) is -19.4. The van der Waals surface area contributed by atoms with E-state index in [-0.39, 0.29) is 34.6 Å². The van der Waals surface area contributed by atoms with Gasteiger partial charge in [0.15, 0.2) is 0 Å². The maximum atomic E-state index is 11.6. The Bertz CT molecular complexity index is 2580. The Morgan fingerprint density at radius 2 is 0.800 bits per heavy atom. The van der Waals surface area contributed by atoms with Gasteiger partial charge in [-0.1, -0.05) is 0 Å². The minimum Gasteiger partial charge on any atom is -0.479 e. The second-order valence-corrected chi connectivity index (χ2v) is 16.8. The Hall–Kier alpha value is -5.87. The fraction of sp³-hybridized carbons (Fsp3) is 0.0690. The molecule has 22 nitrogen and oxygen atoms in total. The summed E-state index contributed by atoms with van der Waals surface area (Å²) in [5.74, 6) is -0.191. The van der Waals surface area contributed by atoms with Gasteiger partial charge >= 0.3 is 6.01 Å². The third-order valence-corrected chi connectivity index (χ3v) is 10.3. The molecule has 0 radical (unpaired) electrons. The van der Waals surface area contributed by atoms with Crippen LogP contribution in [-0.2, 0) is 40.5 Å². The Morgan fingerprint density at radius 3 is 1.09 bits per heavy atom. The molecule has 1 aromatic heterocycles. The SMILES string of the molecule is Cc1cc(Nc2nc(O)nc(Nc3ccc(/N=N/c4cc(S(=O)(=O)O)cc(S(=O)(=O)O)c4)c(C)c3)n2)ccc1/N=N/c1cc(S(=O)(=O)O)cc(S(=O)(=O)O)c1. The van der Waals surface area contributed by atoms with Gasteiger partial charge in [0, 0.05) is 11.4 Å². The van der Waals surface area contributed by atoms with E-state index < -0.39 is 66.1 Å². The first-order valence-electron chi connectivity index (χ1n) is 14.7. The van der Waals surface area contributed by atoms with Gasteiger partial charge in [-0.25, -0.2) is 0 Å². The summed E-state index contributed by atoms with van der Waals surface area (Å²) in [6.45, 7) is 3.27. The summed E-state index contributed by atoms with van der Waals surface area (Å²) in [5.41, 5.74) is 1.72. The van der Waals surface area contributed by atoms with Crippen LogP contribution in [0.3, 0.4) is 0 Å². The molecule has 7 N–H and O–H groups in total. The summed E-state index contributed by atoms with van der Waals surface area (Å²) < 4.78 is 130. The fourth-order valence-corrected chi connectivity index (χ4v) is 6.80. The molecule has 288 valence electrons.